The lowest BCUT2D eigenvalue weighted by Gasteiger charge is -2.32. The van der Waals surface area contributed by atoms with Gasteiger partial charge >= 0.3 is 0 Å². The lowest BCUT2D eigenvalue weighted by Crippen LogP contribution is -2.27. The number of fused-ring (bicyclic) bond motifs is 1. The van der Waals surface area contributed by atoms with Gasteiger partial charge in [0.25, 0.3) is 0 Å². The van der Waals surface area contributed by atoms with Crippen molar-refractivity contribution in [2.75, 3.05) is 0 Å². The van der Waals surface area contributed by atoms with Crippen molar-refractivity contribution < 1.29 is 5.11 Å². The van der Waals surface area contributed by atoms with Gasteiger partial charge in [0, 0.05) is 9.64 Å². The summed E-state index contributed by atoms with van der Waals surface area (Å²) in [6, 6.07) is 2.34. The number of rotatable bonds is 6. The quantitative estimate of drug-likeness (QED) is 0.648. The monoisotopic (exact) mass is 332 g/mol. The molecule has 1 nitrogen and oxygen atoms in total. The van der Waals surface area contributed by atoms with Gasteiger partial charge in [0.15, 0.2) is 0 Å². The molecule has 0 atom stereocenters. The first kappa shape index (κ1) is 17.2. The molecule has 2 heteroatoms. The van der Waals surface area contributed by atoms with E-state index in [1.165, 1.54) is 85.8 Å². The Morgan fingerprint density at radius 3 is 2.43 bits per heavy atom. The van der Waals surface area contributed by atoms with Crippen LogP contribution in [0, 0.1) is 0 Å². The summed E-state index contributed by atoms with van der Waals surface area (Å²) in [4.78, 5) is 1.50. The third kappa shape index (κ3) is 3.57. The third-order valence-electron chi connectivity index (χ3n) is 5.73. The number of unbranched alkanes of at least 4 members (excludes halogenated alkanes) is 2. The Labute approximate surface area is 146 Å². The van der Waals surface area contributed by atoms with Crippen LogP contribution in [0.1, 0.15) is 88.3 Å². The Bertz CT molecular complexity index is 543. The van der Waals surface area contributed by atoms with Crippen molar-refractivity contribution in [2.24, 2.45) is 0 Å². The summed E-state index contributed by atoms with van der Waals surface area (Å²) < 4.78 is 0.456. The van der Waals surface area contributed by atoms with E-state index in [9.17, 15) is 5.11 Å². The predicted octanol–water partition coefficient (Wildman–Crippen LogP) is 6.43. The van der Waals surface area contributed by atoms with E-state index in [-0.39, 0.29) is 0 Å². The summed E-state index contributed by atoms with van der Waals surface area (Å²) in [6.45, 7) is 4.48. The van der Waals surface area contributed by atoms with E-state index in [0.29, 0.717) is 10.5 Å². The maximum absolute atomic E-state index is 10.9. The summed E-state index contributed by atoms with van der Waals surface area (Å²) in [5.41, 5.74) is 4.01. The SMILES string of the molecule is CCCCc1cc2c(c(CCCC)c1O)CC1(CCCCC1)S2. The van der Waals surface area contributed by atoms with E-state index in [0.717, 1.165) is 12.8 Å². The van der Waals surface area contributed by atoms with E-state index >= 15 is 0 Å². The molecule has 1 aromatic rings. The van der Waals surface area contributed by atoms with Crippen LogP contribution in [0.5, 0.6) is 5.75 Å². The van der Waals surface area contributed by atoms with Gasteiger partial charge in [0.05, 0.1) is 0 Å². The number of hydrogen-bond donors (Lipinski definition) is 1. The van der Waals surface area contributed by atoms with Crippen LogP contribution in [-0.2, 0) is 19.3 Å². The average Bonchev–Trinajstić information content (AvgIpc) is 2.90. The molecule has 0 saturated heterocycles. The second-order valence-electron chi connectivity index (χ2n) is 7.57. The van der Waals surface area contributed by atoms with Crippen LogP contribution in [0.2, 0.25) is 0 Å². The molecule has 1 saturated carbocycles. The normalized spacial score (nSPS) is 19.2. The predicted molar refractivity (Wildman–Crippen MR) is 101 cm³/mol. The fourth-order valence-electron chi connectivity index (χ4n) is 4.33. The lowest BCUT2D eigenvalue weighted by atomic mass is 9.82. The van der Waals surface area contributed by atoms with Crippen LogP contribution in [0.4, 0.5) is 0 Å². The van der Waals surface area contributed by atoms with E-state index in [1.807, 2.05) is 0 Å². The number of hydrogen-bond acceptors (Lipinski definition) is 2. The average molecular weight is 333 g/mol. The number of thioether (sulfide) groups is 1. The molecule has 128 valence electrons. The first-order valence-electron chi connectivity index (χ1n) is 9.74. The van der Waals surface area contributed by atoms with E-state index in [1.54, 1.807) is 0 Å². The van der Waals surface area contributed by atoms with Crippen LogP contribution in [0.25, 0.3) is 0 Å². The van der Waals surface area contributed by atoms with Crippen LogP contribution < -0.4 is 0 Å². The largest absolute Gasteiger partial charge is 0.507 e. The second-order valence-corrected chi connectivity index (χ2v) is 9.08. The Morgan fingerprint density at radius 2 is 1.74 bits per heavy atom. The van der Waals surface area contributed by atoms with Gasteiger partial charge in [-0.1, -0.05) is 46.0 Å². The minimum atomic E-state index is 0.456. The number of phenols is 1. The van der Waals surface area contributed by atoms with Gasteiger partial charge in [-0.2, -0.15) is 0 Å². The van der Waals surface area contributed by atoms with E-state index in [4.69, 9.17) is 0 Å². The van der Waals surface area contributed by atoms with Gasteiger partial charge in [0.2, 0.25) is 0 Å². The number of aromatic hydroxyl groups is 1. The Kier molecular flexibility index (Phi) is 5.61. The first-order chi connectivity index (χ1) is 11.2. The Hall–Kier alpha value is -0.630. The van der Waals surface area contributed by atoms with Crippen molar-refractivity contribution in [3.05, 3.63) is 22.8 Å². The van der Waals surface area contributed by atoms with Crippen LogP contribution in [0.15, 0.2) is 11.0 Å². The number of aryl methyl sites for hydroxylation is 1. The van der Waals surface area contributed by atoms with Gasteiger partial charge in [0.1, 0.15) is 5.75 Å². The smallest absolute Gasteiger partial charge is 0.122 e. The Balaban J connectivity index is 1.93. The second kappa shape index (κ2) is 7.51. The molecule has 23 heavy (non-hydrogen) atoms. The topological polar surface area (TPSA) is 20.2 Å². The van der Waals surface area contributed by atoms with Crippen LogP contribution in [-0.4, -0.2) is 9.85 Å². The molecule has 1 fully saturated rings. The molecule has 1 N–H and O–H groups in total. The first-order valence-corrected chi connectivity index (χ1v) is 10.6. The van der Waals surface area contributed by atoms with Gasteiger partial charge < -0.3 is 5.11 Å². The van der Waals surface area contributed by atoms with E-state index < -0.39 is 0 Å². The van der Waals surface area contributed by atoms with E-state index in [2.05, 4.69) is 31.7 Å². The van der Waals surface area contributed by atoms with Gasteiger partial charge in [-0.25, -0.2) is 0 Å². The van der Waals surface area contributed by atoms with Crippen LogP contribution >= 0.6 is 11.8 Å². The highest BCUT2D eigenvalue weighted by Crippen LogP contribution is 2.55. The molecule has 1 aromatic carbocycles. The zero-order valence-electron chi connectivity index (χ0n) is 14.9. The third-order valence-corrected chi connectivity index (χ3v) is 7.30. The molecule has 0 unspecified atom stereocenters. The fourth-order valence-corrected chi connectivity index (χ4v) is 6.03. The molecule has 2 aliphatic rings. The molecule has 1 heterocycles. The molecule has 1 aliphatic carbocycles. The summed E-state index contributed by atoms with van der Waals surface area (Å²) in [5, 5.41) is 10.9. The highest BCUT2D eigenvalue weighted by molar-refractivity contribution is 8.01. The molecular weight excluding hydrogens is 300 g/mol. The molecule has 0 radical (unpaired) electrons. The molecule has 1 spiro atoms. The lowest BCUT2D eigenvalue weighted by molar-refractivity contribution is 0.398. The van der Waals surface area contributed by atoms with Crippen molar-refractivity contribution in [3.8, 4) is 5.75 Å². The van der Waals surface area contributed by atoms with Crippen molar-refractivity contribution in [1.82, 2.24) is 0 Å². The van der Waals surface area contributed by atoms with Crippen molar-refractivity contribution in [1.29, 1.82) is 0 Å². The molecule has 3 rings (SSSR count). The molecule has 0 bridgehead atoms. The van der Waals surface area contributed by atoms with Gasteiger partial charge in [-0.15, -0.1) is 11.8 Å². The standard InChI is InChI=1S/C21H32OS/c1-3-5-10-16-14-19-18(17(20(16)22)11-6-4-2)15-21(23-19)12-8-7-9-13-21/h14,22H,3-13,15H2,1-2H3. The fraction of sp³-hybridized carbons (Fsp3) is 0.714. The van der Waals surface area contributed by atoms with Crippen molar-refractivity contribution in [3.63, 3.8) is 0 Å². The summed E-state index contributed by atoms with van der Waals surface area (Å²) in [6.07, 6.45) is 15.0. The minimum absolute atomic E-state index is 0.456. The molecule has 1 aliphatic heterocycles. The molecular formula is C21H32OS. The maximum atomic E-state index is 10.9. The summed E-state index contributed by atoms with van der Waals surface area (Å²) in [5.74, 6) is 0.638. The zero-order valence-corrected chi connectivity index (χ0v) is 15.7. The molecule has 0 amide bonds. The highest BCUT2D eigenvalue weighted by atomic mass is 32.2. The highest BCUT2D eigenvalue weighted by Gasteiger charge is 2.40. The maximum Gasteiger partial charge on any atom is 0.122 e. The molecule has 0 aromatic heterocycles. The van der Waals surface area contributed by atoms with Crippen molar-refractivity contribution >= 4 is 11.8 Å². The minimum Gasteiger partial charge on any atom is -0.507 e. The van der Waals surface area contributed by atoms with Gasteiger partial charge in [-0.05, 0) is 67.7 Å². The van der Waals surface area contributed by atoms with Gasteiger partial charge in [-0.3, -0.25) is 0 Å². The number of benzene rings is 1. The summed E-state index contributed by atoms with van der Waals surface area (Å²) >= 11 is 2.15. The zero-order chi connectivity index (χ0) is 16.3. The van der Waals surface area contributed by atoms with Crippen molar-refractivity contribution in [2.45, 2.75) is 101 Å². The Morgan fingerprint density at radius 1 is 1.04 bits per heavy atom. The van der Waals surface area contributed by atoms with Crippen LogP contribution in [0.3, 0.4) is 0 Å². The summed E-state index contributed by atoms with van der Waals surface area (Å²) in [7, 11) is 0. The number of phenolic OH excluding ortho intramolecular Hbond substituents is 1.